The van der Waals surface area contributed by atoms with Crippen LogP contribution in [0.15, 0.2) is 0 Å². The first-order valence-corrected chi connectivity index (χ1v) is 7.16. The second-order valence-corrected chi connectivity index (χ2v) is 8.15. The summed E-state index contributed by atoms with van der Waals surface area (Å²) in [5.41, 5.74) is 1.26. The van der Waals surface area contributed by atoms with E-state index in [0.717, 1.165) is 5.69 Å². The van der Waals surface area contributed by atoms with Crippen molar-refractivity contribution in [2.24, 2.45) is 0 Å². The molecule has 0 amide bonds. The normalized spacial score (nSPS) is 13.5. The summed E-state index contributed by atoms with van der Waals surface area (Å²) in [6.07, 6.45) is 0. The van der Waals surface area contributed by atoms with Crippen LogP contribution in [0.4, 0.5) is 0 Å². The number of halogens is 3. The Morgan fingerprint density at radius 2 is 1.89 bits per heavy atom. The lowest BCUT2D eigenvalue weighted by Gasteiger charge is -2.16. The lowest BCUT2D eigenvalue weighted by molar-refractivity contribution is 0.270. The highest BCUT2D eigenvalue weighted by molar-refractivity contribution is 7.17. The molecular weight excluding hydrogens is 317 g/mol. The molecule has 1 N–H and O–H groups in total. The van der Waals surface area contributed by atoms with Crippen LogP contribution in [0.3, 0.4) is 0 Å². The van der Waals surface area contributed by atoms with Gasteiger partial charge in [0.2, 0.25) is 8.75 Å². The summed E-state index contributed by atoms with van der Waals surface area (Å²) in [4.78, 5) is 5.09. The van der Waals surface area contributed by atoms with Crippen molar-refractivity contribution < 1.29 is 5.11 Å². The summed E-state index contributed by atoms with van der Waals surface area (Å²) in [6, 6.07) is 0. The Hall–Kier alpha value is -0.0700. The number of imidazole rings is 1. The van der Waals surface area contributed by atoms with Crippen molar-refractivity contribution in [3.05, 3.63) is 16.4 Å². The molecule has 8 heteroatoms. The number of alkyl halides is 3. The molecule has 2 heterocycles. The average Bonchev–Trinajstić information content (AvgIpc) is 2.69. The van der Waals surface area contributed by atoms with Crippen molar-refractivity contribution in [3.8, 4) is 0 Å². The molecule has 0 aliphatic carbocycles. The van der Waals surface area contributed by atoms with E-state index in [1.54, 1.807) is 4.52 Å². The van der Waals surface area contributed by atoms with Gasteiger partial charge in [-0.3, -0.25) is 0 Å². The maximum absolute atomic E-state index is 9.49. The SMILES string of the molecule is CC(C)(C)c1nc2sc(C(Cl)(Cl)Cl)nn2c1CO. The number of fused-ring (bicyclic) bond motifs is 1. The van der Waals surface area contributed by atoms with Crippen molar-refractivity contribution in [1.82, 2.24) is 14.6 Å². The number of aromatic nitrogens is 3. The van der Waals surface area contributed by atoms with Crippen molar-refractivity contribution in [2.45, 2.75) is 36.6 Å². The van der Waals surface area contributed by atoms with Crippen LogP contribution in [0.1, 0.15) is 37.2 Å². The number of nitrogens with zero attached hydrogens (tertiary/aromatic N) is 3. The fourth-order valence-corrected chi connectivity index (χ4v) is 2.89. The molecule has 2 aromatic rings. The van der Waals surface area contributed by atoms with Crippen molar-refractivity contribution in [2.75, 3.05) is 0 Å². The quantitative estimate of drug-likeness (QED) is 0.816. The summed E-state index contributed by atoms with van der Waals surface area (Å²) in [5, 5.41) is 14.0. The largest absolute Gasteiger partial charge is 0.390 e. The van der Waals surface area contributed by atoms with Gasteiger partial charge in [-0.05, 0) is 0 Å². The predicted octanol–water partition coefficient (Wildman–Crippen LogP) is 3.41. The van der Waals surface area contributed by atoms with Crippen LogP contribution in [-0.4, -0.2) is 19.7 Å². The van der Waals surface area contributed by atoms with E-state index in [4.69, 9.17) is 34.8 Å². The number of rotatable bonds is 1. The van der Waals surface area contributed by atoms with Gasteiger partial charge >= 0.3 is 0 Å². The molecule has 0 saturated carbocycles. The van der Waals surface area contributed by atoms with Gasteiger partial charge < -0.3 is 5.11 Å². The zero-order chi connectivity index (χ0) is 13.7. The van der Waals surface area contributed by atoms with Gasteiger partial charge in [0.1, 0.15) is 0 Å². The predicted molar refractivity (Wildman–Crippen MR) is 74.7 cm³/mol. The first-order valence-electron chi connectivity index (χ1n) is 5.21. The van der Waals surface area contributed by atoms with E-state index in [9.17, 15) is 5.11 Å². The molecule has 0 bridgehead atoms. The van der Waals surface area contributed by atoms with Crippen LogP contribution >= 0.6 is 46.1 Å². The average molecular weight is 329 g/mol. The smallest absolute Gasteiger partial charge is 0.243 e. The van der Waals surface area contributed by atoms with Crippen LogP contribution in [-0.2, 0) is 15.8 Å². The van der Waals surface area contributed by atoms with Crippen LogP contribution < -0.4 is 0 Å². The van der Waals surface area contributed by atoms with E-state index in [1.165, 1.54) is 11.3 Å². The van der Waals surface area contributed by atoms with Crippen LogP contribution in [0.25, 0.3) is 4.96 Å². The first kappa shape index (κ1) is 14.3. The second kappa shape index (κ2) is 4.49. The van der Waals surface area contributed by atoms with Crippen molar-refractivity contribution in [1.29, 1.82) is 0 Å². The fourth-order valence-electron chi connectivity index (χ4n) is 1.65. The highest BCUT2D eigenvalue weighted by atomic mass is 35.6. The minimum Gasteiger partial charge on any atom is -0.390 e. The van der Waals surface area contributed by atoms with Gasteiger partial charge in [-0.2, -0.15) is 5.10 Å². The van der Waals surface area contributed by atoms with Gasteiger partial charge in [0.05, 0.1) is 18.0 Å². The summed E-state index contributed by atoms with van der Waals surface area (Å²) in [6.45, 7) is 5.91. The number of aliphatic hydroxyl groups excluding tert-OH is 1. The first-order chi connectivity index (χ1) is 8.14. The number of aliphatic hydroxyl groups is 1. The molecule has 2 rings (SSSR count). The van der Waals surface area contributed by atoms with Crippen LogP contribution in [0.2, 0.25) is 0 Å². The van der Waals surface area contributed by atoms with Crippen LogP contribution in [0, 0.1) is 0 Å². The fraction of sp³-hybridized carbons (Fsp3) is 0.600. The molecule has 18 heavy (non-hydrogen) atoms. The third-order valence-electron chi connectivity index (χ3n) is 2.40. The van der Waals surface area contributed by atoms with Gasteiger partial charge in [-0.1, -0.05) is 66.9 Å². The van der Waals surface area contributed by atoms with Gasteiger partial charge in [-0.25, -0.2) is 9.50 Å². The maximum Gasteiger partial charge on any atom is 0.243 e. The van der Waals surface area contributed by atoms with Gasteiger partial charge in [0.25, 0.3) is 0 Å². The third kappa shape index (κ3) is 2.47. The maximum atomic E-state index is 9.49. The van der Waals surface area contributed by atoms with Gasteiger partial charge in [0, 0.05) is 5.41 Å². The van der Waals surface area contributed by atoms with Gasteiger partial charge in [-0.15, -0.1) is 0 Å². The molecule has 0 atom stereocenters. The Morgan fingerprint density at radius 3 is 2.33 bits per heavy atom. The Balaban J connectivity index is 2.65. The molecule has 2 aromatic heterocycles. The third-order valence-corrected chi connectivity index (χ3v) is 4.30. The molecule has 0 spiro atoms. The lowest BCUT2D eigenvalue weighted by atomic mass is 9.91. The molecule has 0 aliphatic rings. The number of hydrogen-bond acceptors (Lipinski definition) is 4. The lowest BCUT2D eigenvalue weighted by Crippen LogP contribution is -2.15. The topological polar surface area (TPSA) is 50.4 Å². The monoisotopic (exact) mass is 327 g/mol. The molecule has 4 nitrogen and oxygen atoms in total. The molecule has 0 unspecified atom stereocenters. The van der Waals surface area contributed by atoms with E-state index >= 15 is 0 Å². The van der Waals surface area contributed by atoms with Crippen molar-refractivity contribution >= 4 is 51.1 Å². The van der Waals surface area contributed by atoms with E-state index in [0.29, 0.717) is 15.7 Å². The highest BCUT2D eigenvalue weighted by Gasteiger charge is 2.31. The molecule has 0 aromatic carbocycles. The highest BCUT2D eigenvalue weighted by Crippen LogP contribution is 2.41. The molecule has 0 fully saturated rings. The van der Waals surface area contributed by atoms with Crippen LogP contribution in [0.5, 0.6) is 0 Å². The summed E-state index contributed by atoms with van der Waals surface area (Å²) >= 11 is 18.6. The molecule has 100 valence electrons. The Morgan fingerprint density at radius 1 is 1.28 bits per heavy atom. The zero-order valence-electron chi connectivity index (χ0n) is 10.0. The summed E-state index contributed by atoms with van der Waals surface area (Å²) < 4.78 is -0.0253. The minimum atomic E-state index is -1.57. The van der Waals surface area contributed by atoms with Crippen molar-refractivity contribution in [3.63, 3.8) is 0 Å². The van der Waals surface area contributed by atoms with Gasteiger partial charge in [0.15, 0.2) is 5.01 Å². The zero-order valence-corrected chi connectivity index (χ0v) is 13.1. The molecule has 0 aliphatic heterocycles. The minimum absolute atomic E-state index is 0.156. The van der Waals surface area contributed by atoms with E-state index < -0.39 is 3.79 Å². The van der Waals surface area contributed by atoms with E-state index in [2.05, 4.69) is 10.1 Å². The molecule has 0 radical (unpaired) electrons. The second-order valence-electron chi connectivity index (χ2n) is 4.91. The summed E-state index contributed by atoms with van der Waals surface area (Å²) in [5.74, 6) is 0. The standard InChI is InChI=1S/C10H12Cl3N3OS/c1-9(2,3)6-5(4-17)16-8(14-6)18-7(15-16)10(11,12)13/h17H,4H2,1-3H3. The van der Waals surface area contributed by atoms with E-state index in [-0.39, 0.29) is 12.0 Å². The Bertz CT molecular complexity index is 579. The summed E-state index contributed by atoms with van der Waals surface area (Å²) in [7, 11) is 0. The number of hydrogen-bond donors (Lipinski definition) is 1. The Kier molecular flexibility index (Phi) is 3.58. The molecular formula is C10H12Cl3N3OS. The van der Waals surface area contributed by atoms with E-state index in [1.807, 2.05) is 20.8 Å². The Labute approximate surface area is 123 Å². The molecule has 0 saturated heterocycles.